The van der Waals surface area contributed by atoms with E-state index < -0.39 is 17.8 Å². The molecule has 6 heteroatoms. The van der Waals surface area contributed by atoms with Gasteiger partial charge in [-0.3, -0.25) is 4.79 Å². The molecule has 0 spiro atoms. The molecule has 3 nitrogen and oxygen atoms in total. The number of nitrogens with zero attached hydrogens (tertiary/aromatic N) is 1. The van der Waals surface area contributed by atoms with Gasteiger partial charge in [-0.25, -0.2) is 0 Å². The number of amides is 1. The Labute approximate surface area is 139 Å². The largest absolute Gasteiger partial charge is 0.416 e. The maximum absolute atomic E-state index is 12.7. The van der Waals surface area contributed by atoms with Crippen molar-refractivity contribution in [3.8, 4) is 0 Å². The molecule has 2 unspecified atom stereocenters. The van der Waals surface area contributed by atoms with Gasteiger partial charge >= 0.3 is 6.18 Å². The van der Waals surface area contributed by atoms with E-state index in [4.69, 9.17) is 0 Å². The lowest BCUT2D eigenvalue weighted by Gasteiger charge is -2.26. The normalized spacial score (nSPS) is 25.4. The van der Waals surface area contributed by atoms with Crippen LogP contribution >= 0.6 is 0 Å². The number of likely N-dealkylation sites (tertiary alicyclic amines) is 1. The zero-order valence-corrected chi connectivity index (χ0v) is 13.4. The van der Waals surface area contributed by atoms with Crippen LogP contribution in [-0.2, 0) is 11.0 Å². The molecule has 1 saturated heterocycles. The highest BCUT2D eigenvalue weighted by molar-refractivity contribution is 5.77. The number of benzene rings is 1. The Kier molecular flexibility index (Phi) is 4.85. The predicted molar refractivity (Wildman–Crippen MR) is 83.1 cm³/mol. The van der Waals surface area contributed by atoms with Gasteiger partial charge < -0.3 is 10.0 Å². The van der Waals surface area contributed by atoms with Gasteiger partial charge in [0.15, 0.2) is 0 Å². The topological polar surface area (TPSA) is 40.5 Å². The van der Waals surface area contributed by atoms with Crippen molar-refractivity contribution in [2.75, 3.05) is 6.54 Å². The Morgan fingerprint density at radius 2 is 1.79 bits per heavy atom. The third-order valence-electron chi connectivity index (χ3n) is 5.16. The monoisotopic (exact) mass is 341 g/mol. The van der Waals surface area contributed by atoms with Crippen LogP contribution in [0.15, 0.2) is 24.3 Å². The maximum Gasteiger partial charge on any atom is 0.416 e. The SMILES string of the molecule is O=C(CC1CCCC1)N1CC(O)CC1c1ccc(C(F)(F)F)cc1. The molecular formula is C18H22F3NO2. The van der Waals surface area contributed by atoms with E-state index in [1.54, 1.807) is 4.90 Å². The fourth-order valence-electron chi connectivity index (χ4n) is 3.88. The van der Waals surface area contributed by atoms with E-state index in [1.165, 1.54) is 12.1 Å². The lowest BCUT2D eigenvalue weighted by molar-refractivity contribution is -0.137. The summed E-state index contributed by atoms with van der Waals surface area (Å²) in [6.45, 7) is 0.261. The van der Waals surface area contributed by atoms with Crippen molar-refractivity contribution in [2.45, 2.75) is 56.8 Å². The van der Waals surface area contributed by atoms with Crippen LogP contribution < -0.4 is 0 Å². The van der Waals surface area contributed by atoms with Crippen molar-refractivity contribution < 1.29 is 23.1 Å². The van der Waals surface area contributed by atoms with E-state index in [-0.39, 0.29) is 18.5 Å². The Morgan fingerprint density at radius 3 is 2.38 bits per heavy atom. The lowest BCUT2D eigenvalue weighted by atomic mass is 10.00. The Morgan fingerprint density at radius 1 is 1.17 bits per heavy atom. The van der Waals surface area contributed by atoms with Crippen molar-refractivity contribution in [3.63, 3.8) is 0 Å². The minimum Gasteiger partial charge on any atom is -0.391 e. The number of alkyl halides is 3. The summed E-state index contributed by atoms with van der Waals surface area (Å²) in [6, 6.07) is 4.58. The predicted octanol–water partition coefficient (Wildman–Crippen LogP) is 3.92. The highest BCUT2D eigenvalue weighted by atomic mass is 19.4. The third-order valence-corrected chi connectivity index (χ3v) is 5.16. The molecule has 1 heterocycles. The van der Waals surface area contributed by atoms with E-state index in [0.29, 0.717) is 24.3 Å². The molecule has 1 aliphatic carbocycles. The molecule has 1 aliphatic heterocycles. The first-order valence-corrected chi connectivity index (χ1v) is 8.49. The van der Waals surface area contributed by atoms with Crippen molar-refractivity contribution in [2.24, 2.45) is 5.92 Å². The number of halogens is 3. The molecule has 0 radical (unpaired) electrons. The van der Waals surface area contributed by atoms with Crippen LogP contribution in [0.3, 0.4) is 0 Å². The molecule has 1 aromatic rings. The summed E-state index contributed by atoms with van der Waals surface area (Å²) in [7, 11) is 0. The smallest absolute Gasteiger partial charge is 0.391 e. The third kappa shape index (κ3) is 3.74. The lowest BCUT2D eigenvalue weighted by Crippen LogP contribution is -2.32. The molecule has 0 bridgehead atoms. The van der Waals surface area contributed by atoms with Gasteiger partial charge in [0.25, 0.3) is 0 Å². The maximum atomic E-state index is 12.7. The number of aliphatic hydroxyl groups is 1. The van der Waals surface area contributed by atoms with Crippen LogP contribution in [0.2, 0.25) is 0 Å². The van der Waals surface area contributed by atoms with Gasteiger partial charge in [-0.1, -0.05) is 25.0 Å². The minimum atomic E-state index is -4.37. The number of hydrogen-bond acceptors (Lipinski definition) is 2. The molecule has 1 aromatic carbocycles. The Bertz CT molecular complexity index is 579. The molecule has 24 heavy (non-hydrogen) atoms. The average molecular weight is 341 g/mol. The molecule has 132 valence electrons. The number of hydrogen-bond donors (Lipinski definition) is 1. The second-order valence-corrected chi connectivity index (χ2v) is 6.93. The molecule has 3 rings (SSSR count). The molecule has 1 N–H and O–H groups in total. The number of rotatable bonds is 3. The van der Waals surface area contributed by atoms with Gasteiger partial charge in [0.1, 0.15) is 0 Å². The van der Waals surface area contributed by atoms with Crippen molar-refractivity contribution in [1.29, 1.82) is 0 Å². The standard InChI is InChI=1S/C18H22F3NO2/c19-18(20,21)14-7-5-13(6-8-14)16-10-15(23)11-22(16)17(24)9-12-3-1-2-4-12/h5-8,12,15-16,23H,1-4,9-11H2. The summed E-state index contributed by atoms with van der Waals surface area (Å²) in [5.41, 5.74) is -0.0482. The van der Waals surface area contributed by atoms with Gasteiger partial charge in [0.05, 0.1) is 17.7 Å². The van der Waals surface area contributed by atoms with Crippen molar-refractivity contribution in [3.05, 3.63) is 35.4 Å². The van der Waals surface area contributed by atoms with E-state index in [9.17, 15) is 23.1 Å². The van der Waals surface area contributed by atoms with Gasteiger partial charge in [-0.05, 0) is 42.9 Å². The molecule has 1 saturated carbocycles. The fraction of sp³-hybridized carbons (Fsp3) is 0.611. The number of carbonyl (C=O) groups excluding carboxylic acids is 1. The van der Waals surface area contributed by atoms with Gasteiger partial charge in [0.2, 0.25) is 5.91 Å². The Hall–Kier alpha value is -1.56. The zero-order valence-electron chi connectivity index (χ0n) is 13.4. The fourth-order valence-corrected chi connectivity index (χ4v) is 3.88. The van der Waals surface area contributed by atoms with Gasteiger partial charge in [0, 0.05) is 13.0 Å². The first-order chi connectivity index (χ1) is 11.3. The van der Waals surface area contributed by atoms with Crippen LogP contribution in [0.25, 0.3) is 0 Å². The summed E-state index contributed by atoms with van der Waals surface area (Å²) < 4.78 is 38.1. The zero-order chi connectivity index (χ0) is 17.3. The summed E-state index contributed by atoms with van der Waals surface area (Å²) in [4.78, 5) is 14.2. The molecule has 2 aliphatic rings. The Balaban J connectivity index is 1.73. The highest BCUT2D eigenvalue weighted by Gasteiger charge is 2.37. The van der Waals surface area contributed by atoms with Crippen LogP contribution in [0, 0.1) is 5.92 Å². The molecule has 2 fully saturated rings. The van der Waals surface area contributed by atoms with Gasteiger partial charge in [-0.2, -0.15) is 13.2 Å². The molecule has 1 amide bonds. The number of β-amino-alcohol motifs (C(OH)–C–C–N with tert-alkyl or cyclic N) is 1. The van der Waals surface area contributed by atoms with Crippen molar-refractivity contribution in [1.82, 2.24) is 4.90 Å². The van der Waals surface area contributed by atoms with Crippen LogP contribution in [0.4, 0.5) is 13.2 Å². The first-order valence-electron chi connectivity index (χ1n) is 8.49. The van der Waals surface area contributed by atoms with Gasteiger partial charge in [-0.15, -0.1) is 0 Å². The quantitative estimate of drug-likeness (QED) is 0.905. The minimum absolute atomic E-state index is 0.00310. The summed E-state index contributed by atoms with van der Waals surface area (Å²) in [5, 5.41) is 9.95. The average Bonchev–Trinajstić information content (AvgIpc) is 3.16. The highest BCUT2D eigenvalue weighted by Crippen LogP contribution is 2.36. The molecular weight excluding hydrogens is 319 g/mol. The van der Waals surface area contributed by atoms with E-state index >= 15 is 0 Å². The summed E-state index contributed by atoms with van der Waals surface area (Å²) >= 11 is 0. The van der Waals surface area contributed by atoms with E-state index in [2.05, 4.69) is 0 Å². The number of aliphatic hydroxyl groups excluding tert-OH is 1. The number of carbonyl (C=O) groups is 1. The second kappa shape index (κ2) is 6.75. The summed E-state index contributed by atoms with van der Waals surface area (Å²) in [5.74, 6) is 0.409. The second-order valence-electron chi connectivity index (χ2n) is 6.93. The van der Waals surface area contributed by atoms with Crippen LogP contribution in [0.5, 0.6) is 0 Å². The summed E-state index contributed by atoms with van der Waals surface area (Å²) in [6.07, 6.45) is 0.299. The van der Waals surface area contributed by atoms with Crippen LogP contribution in [0.1, 0.15) is 55.7 Å². The van der Waals surface area contributed by atoms with E-state index in [0.717, 1.165) is 37.8 Å². The molecule has 0 aromatic heterocycles. The first kappa shape index (κ1) is 17.3. The van der Waals surface area contributed by atoms with Crippen LogP contribution in [-0.4, -0.2) is 28.6 Å². The molecule has 2 atom stereocenters. The van der Waals surface area contributed by atoms with E-state index in [1.807, 2.05) is 0 Å². The van der Waals surface area contributed by atoms with Crippen molar-refractivity contribution >= 4 is 5.91 Å².